The van der Waals surface area contributed by atoms with Crippen molar-refractivity contribution in [2.45, 2.75) is 50.3 Å². The quantitative estimate of drug-likeness (QED) is 0.843. The van der Waals surface area contributed by atoms with Crippen LogP contribution in [0.25, 0.3) is 0 Å². The number of amides is 2. The summed E-state index contributed by atoms with van der Waals surface area (Å²) < 4.78 is 0.127. The van der Waals surface area contributed by atoms with Gasteiger partial charge in [0.15, 0.2) is 0 Å². The average molecular weight is 270 g/mol. The van der Waals surface area contributed by atoms with E-state index >= 15 is 0 Å². The summed E-state index contributed by atoms with van der Waals surface area (Å²) in [6, 6.07) is 0. The van der Waals surface area contributed by atoms with E-state index < -0.39 is 5.54 Å². The van der Waals surface area contributed by atoms with Gasteiger partial charge in [-0.2, -0.15) is 11.8 Å². The Morgan fingerprint density at radius 2 is 2.11 bits per heavy atom. The maximum absolute atomic E-state index is 12.5. The molecule has 0 bridgehead atoms. The van der Waals surface area contributed by atoms with Crippen LogP contribution in [0.4, 0.5) is 0 Å². The lowest BCUT2D eigenvalue weighted by atomic mass is 9.93. The van der Waals surface area contributed by atoms with Crippen molar-refractivity contribution in [1.82, 2.24) is 10.2 Å². The van der Waals surface area contributed by atoms with E-state index in [4.69, 9.17) is 0 Å². The van der Waals surface area contributed by atoms with Crippen molar-refractivity contribution in [2.75, 3.05) is 18.8 Å². The van der Waals surface area contributed by atoms with E-state index in [0.717, 1.165) is 12.2 Å². The van der Waals surface area contributed by atoms with Crippen LogP contribution in [0.15, 0.2) is 0 Å². The van der Waals surface area contributed by atoms with Crippen molar-refractivity contribution in [3.63, 3.8) is 0 Å². The molecule has 2 aliphatic rings. The summed E-state index contributed by atoms with van der Waals surface area (Å²) in [5.41, 5.74) is -0.713. The highest BCUT2D eigenvalue weighted by Gasteiger charge is 2.44. The van der Waals surface area contributed by atoms with Crippen LogP contribution in [0.3, 0.4) is 0 Å². The molecule has 2 unspecified atom stereocenters. The maximum Gasteiger partial charge on any atom is 0.248 e. The van der Waals surface area contributed by atoms with Crippen LogP contribution in [0, 0.1) is 0 Å². The zero-order chi connectivity index (χ0) is 13.4. The molecule has 2 rings (SSSR count). The van der Waals surface area contributed by atoms with Crippen LogP contribution in [-0.2, 0) is 9.59 Å². The highest BCUT2D eigenvalue weighted by molar-refractivity contribution is 8.00. The highest BCUT2D eigenvalue weighted by atomic mass is 32.2. The number of carbonyl (C=O) groups is 2. The van der Waals surface area contributed by atoms with Gasteiger partial charge in [0.05, 0.1) is 6.54 Å². The molecule has 1 N–H and O–H groups in total. The van der Waals surface area contributed by atoms with Gasteiger partial charge in [0.1, 0.15) is 5.54 Å². The van der Waals surface area contributed by atoms with E-state index in [1.807, 2.05) is 25.6 Å². The standard InChI is InChI=1S/C13H22N2O2S/c1-4-13(3)11(17)15(8-10(16)14-13)9-12(2)6-5-7-18-12/h4-9H2,1-3H3,(H,14,16). The third kappa shape index (κ3) is 2.51. The molecule has 2 heterocycles. The molecule has 102 valence electrons. The number of nitrogens with one attached hydrogen (secondary N) is 1. The molecule has 0 radical (unpaired) electrons. The van der Waals surface area contributed by atoms with Crippen LogP contribution in [-0.4, -0.2) is 45.8 Å². The van der Waals surface area contributed by atoms with E-state index in [-0.39, 0.29) is 23.1 Å². The Hall–Kier alpha value is -0.710. The summed E-state index contributed by atoms with van der Waals surface area (Å²) in [6.45, 7) is 6.87. The van der Waals surface area contributed by atoms with Gasteiger partial charge in [0, 0.05) is 11.3 Å². The van der Waals surface area contributed by atoms with Gasteiger partial charge in [-0.15, -0.1) is 0 Å². The number of hydrogen-bond donors (Lipinski definition) is 1. The Labute approximate surface area is 113 Å². The minimum Gasteiger partial charge on any atom is -0.340 e. The van der Waals surface area contributed by atoms with E-state index in [0.29, 0.717) is 13.0 Å². The van der Waals surface area contributed by atoms with Crippen molar-refractivity contribution in [2.24, 2.45) is 0 Å². The Kier molecular flexibility index (Phi) is 3.63. The van der Waals surface area contributed by atoms with Gasteiger partial charge in [-0.25, -0.2) is 0 Å². The van der Waals surface area contributed by atoms with Gasteiger partial charge in [-0.3, -0.25) is 9.59 Å². The SMILES string of the molecule is CCC1(C)NC(=O)CN(CC2(C)CCCS2)C1=O. The first-order valence-corrected chi connectivity index (χ1v) is 7.61. The van der Waals surface area contributed by atoms with Crippen molar-refractivity contribution < 1.29 is 9.59 Å². The number of rotatable bonds is 3. The first kappa shape index (κ1) is 13.7. The molecule has 0 aromatic heterocycles. The van der Waals surface area contributed by atoms with Gasteiger partial charge in [-0.1, -0.05) is 6.92 Å². The lowest BCUT2D eigenvalue weighted by Gasteiger charge is -2.42. The Morgan fingerprint density at radius 1 is 1.39 bits per heavy atom. The molecule has 0 aromatic carbocycles. The lowest BCUT2D eigenvalue weighted by molar-refractivity contribution is -0.149. The molecule has 0 spiro atoms. The Balaban J connectivity index is 2.12. The third-order valence-corrected chi connectivity index (χ3v) is 5.56. The van der Waals surface area contributed by atoms with Crippen LogP contribution in [0.1, 0.15) is 40.0 Å². The minimum absolute atomic E-state index is 0.0365. The fraction of sp³-hybridized carbons (Fsp3) is 0.846. The van der Waals surface area contributed by atoms with Crippen LogP contribution >= 0.6 is 11.8 Å². The molecule has 0 aliphatic carbocycles. The second-order valence-corrected chi connectivity index (χ2v) is 7.48. The summed E-state index contributed by atoms with van der Waals surface area (Å²) in [6.07, 6.45) is 2.98. The fourth-order valence-corrected chi connectivity index (χ4v) is 4.04. The van der Waals surface area contributed by atoms with Crippen molar-refractivity contribution >= 4 is 23.6 Å². The molecule has 2 fully saturated rings. The molecule has 2 amide bonds. The zero-order valence-corrected chi connectivity index (χ0v) is 12.2. The number of nitrogens with zero attached hydrogens (tertiary/aromatic N) is 1. The summed E-state index contributed by atoms with van der Waals surface area (Å²) in [4.78, 5) is 26.0. The highest BCUT2D eigenvalue weighted by Crippen LogP contribution is 2.38. The molecule has 18 heavy (non-hydrogen) atoms. The smallest absolute Gasteiger partial charge is 0.248 e. The van der Waals surface area contributed by atoms with Gasteiger partial charge in [0.2, 0.25) is 11.8 Å². The monoisotopic (exact) mass is 270 g/mol. The van der Waals surface area contributed by atoms with Crippen molar-refractivity contribution in [3.8, 4) is 0 Å². The molecule has 2 atom stereocenters. The molecule has 4 nitrogen and oxygen atoms in total. The van der Waals surface area contributed by atoms with Crippen LogP contribution in [0.5, 0.6) is 0 Å². The van der Waals surface area contributed by atoms with E-state index in [2.05, 4.69) is 12.2 Å². The third-order valence-electron chi connectivity index (χ3n) is 4.04. The molecule has 0 saturated carbocycles. The molecule has 0 aromatic rings. The molecule has 2 saturated heterocycles. The number of piperazine rings is 1. The van der Waals surface area contributed by atoms with Gasteiger partial charge in [-0.05, 0) is 38.9 Å². The minimum atomic E-state index is -0.713. The van der Waals surface area contributed by atoms with Crippen LogP contribution in [0.2, 0.25) is 0 Å². The summed E-state index contributed by atoms with van der Waals surface area (Å²) >= 11 is 1.92. The summed E-state index contributed by atoms with van der Waals surface area (Å²) in [5.74, 6) is 1.19. The maximum atomic E-state index is 12.5. The predicted octanol–water partition coefficient (Wildman–Crippen LogP) is 1.40. The van der Waals surface area contributed by atoms with Crippen molar-refractivity contribution in [1.29, 1.82) is 0 Å². The second kappa shape index (κ2) is 4.76. The number of carbonyl (C=O) groups excluding carboxylic acids is 2. The first-order valence-electron chi connectivity index (χ1n) is 6.63. The van der Waals surface area contributed by atoms with Gasteiger partial charge in [0.25, 0.3) is 0 Å². The number of thioether (sulfide) groups is 1. The van der Waals surface area contributed by atoms with E-state index in [1.54, 1.807) is 4.90 Å². The van der Waals surface area contributed by atoms with E-state index in [9.17, 15) is 9.59 Å². The molecule has 5 heteroatoms. The van der Waals surface area contributed by atoms with Crippen LogP contribution < -0.4 is 5.32 Å². The average Bonchev–Trinajstić information content (AvgIpc) is 2.72. The van der Waals surface area contributed by atoms with Gasteiger partial charge >= 0.3 is 0 Å². The first-order chi connectivity index (χ1) is 8.38. The lowest BCUT2D eigenvalue weighted by Crippen LogP contribution is -2.66. The fourth-order valence-electron chi connectivity index (χ4n) is 2.73. The van der Waals surface area contributed by atoms with E-state index in [1.165, 1.54) is 6.42 Å². The second-order valence-electron chi connectivity index (χ2n) is 5.80. The topological polar surface area (TPSA) is 49.4 Å². The summed E-state index contributed by atoms with van der Waals surface area (Å²) in [7, 11) is 0. The van der Waals surface area contributed by atoms with Crippen molar-refractivity contribution in [3.05, 3.63) is 0 Å². The predicted molar refractivity (Wildman–Crippen MR) is 73.5 cm³/mol. The Bertz CT molecular complexity index is 366. The largest absolute Gasteiger partial charge is 0.340 e. The Morgan fingerprint density at radius 3 is 2.67 bits per heavy atom. The molecule has 2 aliphatic heterocycles. The molecular weight excluding hydrogens is 248 g/mol. The normalized spacial score (nSPS) is 36.9. The zero-order valence-electron chi connectivity index (χ0n) is 11.4. The van der Waals surface area contributed by atoms with Gasteiger partial charge < -0.3 is 10.2 Å². The summed E-state index contributed by atoms with van der Waals surface area (Å²) in [5, 5.41) is 2.82. The molecular formula is C13H22N2O2S. The number of hydrogen-bond acceptors (Lipinski definition) is 3.